The molecule has 3 rings (SSSR count). The Labute approximate surface area is 225 Å². The average Bonchev–Trinajstić information content (AvgIpc) is 2.79. The third kappa shape index (κ3) is 8.76. The minimum Gasteiger partial charge on any atom is -0.418 e. The SMILES string of the molecule is CC(=NC1C(C)CCCC1C)C1CC(C)CC(C(CCCO[Si](C)(C)C)=NC2C(C)CCCC2C)N1. The van der Waals surface area contributed by atoms with E-state index in [4.69, 9.17) is 14.4 Å². The van der Waals surface area contributed by atoms with Crippen LogP contribution < -0.4 is 5.32 Å². The molecule has 1 heterocycles. The molecular formula is C31H59N3OSi. The van der Waals surface area contributed by atoms with Crippen molar-refractivity contribution >= 4 is 19.7 Å². The Morgan fingerprint density at radius 1 is 0.778 bits per heavy atom. The van der Waals surface area contributed by atoms with Crippen LogP contribution in [0.4, 0.5) is 0 Å². The minimum atomic E-state index is -1.47. The van der Waals surface area contributed by atoms with Crippen LogP contribution in [0, 0.1) is 29.6 Å². The lowest BCUT2D eigenvalue weighted by Gasteiger charge is -2.39. The van der Waals surface area contributed by atoms with Crippen LogP contribution in [0.15, 0.2) is 9.98 Å². The van der Waals surface area contributed by atoms with Crippen molar-refractivity contribution < 1.29 is 4.43 Å². The quantitative estimate of drug-likeness (QED) is 0.192. The van der Waals surface area contributed by atoms with Gasteiger partial charge in [-0.3, -0.25) is 9.98 Å². The van der Waals surface area contributed by atoms with Crippen LogP contribution in [0.3, 0.4) is 0 Å². The largest absolute Gasteiger partial charge is 0.418 e. The van der Waals surface area contributed by atoms with Gasteiger partial charge in [-0.25, -0.2) is 0 Å². The molecule has 1 saturated heterocycles. The van der Waals surface area contributed by atoms with E-state index in [0.29, 0.717) is 53.8 Å². The normalized spacial score (nSPS) is 39.3. The second-order valence-corrected chi connectivity index (χ2v) is 18.6. The smallest absolute Gasteiger partial charge is 0.183 e. The average molecular weight is 518 g/mol. The Kier molecular flexibility index (Phi) is 11.3. The van der Waals surface area contributed by atoms with E-state index in [-0.39, 0.29) is 0 Å². The molecule has 1 aliphatic heterocycles. The maximum absolute atomic E-state index is 6.23. The molecule has 36 heavy (non-hydrogen) atoms. The number of rotatable bonds is 9. The molecular weight excluding hydrogens is 458 g/mol. The highest BCUT2D eigenvalue weighted by molar-refractivity contribution is 6.69. The lowest BCUT2D eigenvalue weighted by Crippen LogP contribution is -2.52. The summed E-state index contributed by atoms with van der Waals surface area (Å²) >= 11 is 0. The number of hydrogen-bond donors (Lipinski definition) is 1. The highest BCUT2D eigenvalue weighted by Gasteiger charge is 2.34. The summed E-state index contributed by atoms with van der Waals surface area (Å²) in [5.74, 6) is 3.49. The number of piperidine rings is 1. The van der Waals surface area contributed by atoms with E-state index in [1.54, 1.807) is 0 Å². The molecule has 5 heteroatoms. The van der Waals surface area contributed by atoms with Crippen LogP contribution in [0.1, 0.15) is 106 Å². The predicted octanol–water partition coefficient (Wildman–Crippen LogP) is 7.93. The summed E-state index contributed by atoms with van der Waals surface area (Å²) in [5, 5.41) is 4.09. The molecule has 0 radical (unpaired) electrons. The Balaban J connectivity index is 1.78. The van der Waals surface area contributed by atoms with Crippen molar-refractivity contribution in [2.75, 3.05) is 6.61 Å². The standard InChI is InChI=1S/C31H59N3OSi/c1-21-19-28(26(6)32-30-22(2)13-10-14-23(30)3)33-29(20-21)27(17-12-18-35-36(7,8)9)34-31-24(4)15-11-16-25(31)5/h21-25,28-31,33H,10-20H2,1-9H3. The van der Waals surface area contributed by atoms with Crippen LogP contribution >= 0.6 is 0 Å². The van der Waals surface area contributed by atoms with Crippen molar-refractivity contribution in [3.05, 3.63) is 0 Å². The van der Waals surface area contributed by atoms with Crippen molar-refractivity contribution in [2.24, 2.45) is 39.6 Å². The van der Waals surface area contributed by atoms with E-state index < -0.39 is 8.32 Å². The van der Waals surface area contributed by atoms with Crippen LogP contribution in [-0.2, 0) is 4.43 Å². The Morgan fingerprint density at radius 3 is 1.81 bits per heavy atom. The van der Waals surface area contributed by atoms with Gasteiger partial charge in [-0.15, -0.1) is 0 Å². The zero-order chi connectivity index (χ0) is 26.5. The zero-order valence-electron chi connectivity index (χ0n) is 25.3. The molecule has 4 nitrogen and oxygen atoms in total. The van der Waals surface area contributed by atoms with Crippen LogP contribution in [0.2, 0.25) is 19.6 Å². The molecule has 1 N–H and O–H groups in total. The highest BCUT2D eigenvalue weighted by atomic mass is 28.4. The van der Waals surface area contributed by atoms with E-state index in [1.165, 1.54) is 62.8 Å². The summed E-state index contributed by atoms with van der Waals surface area (Å²) in [4.78, 5) is 11.0. The maximum atomic E-state index is 6.23. The van der Waals surface area contributed by atoms with E-state index in [2.05, 4.69) is 66.5 Å². The summed E-state index contributed by atoms with van der Waals surface area (Å²) in [6, 6.07) is 1.72. The second-order valence-electron chi connectivity index (χ2n) is 14.1. The predicted molar refractivity (Wildman–Crippen MR) is 160 cm³/mol. The van der Waals surface area contributed by atoms with E-state index in [1.807, 2.05) is 0 Å². The summed E-state index contributed by atoms with van der Waals surface area (Å²) in [5.41, 5.74) is 2.75. The molecule has 3 fully saturated rings. The molecule has 0 aromatic carbocycles. The molecule has 3 aliphatic rings. The highest BCUT2D eigenvalue weighted by Crippen LogP contribution is 2.34. The monoisotopic (exact) mass is 517 g/mol. The van der Waals surface area contributed by atoms with Crippen molar-refractivity contribution in [1.82, 2.24) is 5.32 Å². The lowest BCUT2D eigenvalue weighted by atomic mass is 9.78. The first-order chi connectivity index (χ1) is 16.9. The molecule has 0 spiro atoms. The summed E-state index contributed by atoms with van der Waals surface area (Å²) in [6.07, 6.45) is 12.6. The van der Waals surface area contributed by atoms with E-state index >= 15 is 0 Å². The first-order valence-corrected chi connectivity index (χ1v) is 18.9. The molecule has 0 bridgehead atoms. The summed E-state index contributed by atoms with van der Waals surface area (Å²) in [6.45, 7) is 22.2. The molecule has 7 unspecified atom stereocenters. The fraction of sp³-hybridized carbons (Fsp3) is 0.935. The molecule has 0 aromatic heterocycles. The Bertz CT molecular complexity index is 725. The summed E-state index contributed by atoms with van der Waals surface area (Å²) in [7, 11) is -1.47. The van der Waals surface area contributed by atoms with Crippen LogP contribution in [0.25, 0.3) is 0 Å². The van der Waals surface area contributed by atoms with Crippen molar-refractivity contribution in [3.8, 4) is 0 Å². The molecule has 0 aromatic rings. The Hall–Kier alpha value is -0.523. The van der Waals surface area contributed by atoms with Gasteiger partial charge in [-0.05, 0) is 108 Å². The summed E-state index contributed by atoms with van der Waals surface area (Å²) < 4.78 is 6.23. The molecule has 208 valence electrons. The first-order valence-electron chi connectivity index (χ1n) is 15.5. The van der Waals surface area contributed by atoms with Crippen molar-refractivity contribution in [2.45, 2.75) is 150 Å². The van der Waals surface area contributed by atoms with Crippen molar-refractivity contribution in [3.63, 3.8) is 0 Å². The van der Waals surface area contributed by atoms with Gasteiger partial charge >= 0.3 is 0 Å². The van der Waals surface area contributed by atoms with Gasteiger partial charge in [0.1, 0.15) is 0 Å². The van der Waals surface area contributed by atoms with E-state index in [9.17, 15) is 0 Å². The Morgan fingerprint density at radius 2 is 1.28 bits per heavy atom. The maximum Gasteiger partial charge on any atom is 0.183 e. The lowest BCUT2D eigenvalue weighted by molar-refractivity contribution is 0.248. The van der Waals surface area contributed by atoms with Gasteiger partial charge in [0.25, 0.3) is 0 Å². The number of aliphatic imine (C=N–C) groups is 2. The van der Waals surface area contributed by atoms with Gasteiger partial charge in [-0.1, -0.05) is 47.5 Å². The molecule has 7 atom stereocenters. The third-order valence-corrected chi connectivity index (χ3v) is 10.4. The van der Waals surface area contributed by atoms with Gasteiger partial charge in [0.2, 0.25) is 0 Å². The molecule has 2 saturated carbocycles. The van der Waals surface area contributed by atoms with Crippen LogP contribution in [-0.4, -0.2) is 50.5 Å². The van der Waals surface area contributed by atoms with Crippen molar-refractivity contribution in [1.29, 1.82) is 0 Å². The molecule has 2 aliphatic carbocycles. The van der Waals surface area contributed by atoms with Gasteiger partial charge in [0, 0.05) is 30.1 Å². The van der Waals surface area contributed by atoms with Crippen LogP contribution in [0.5, 0.6) is 0 Å². The number of hydrogen-bond acceptors (Lipinski definition) is 4. The third-order valence-electron chi connectivity index (χ3n) is 9.33. The fourth-order valence-corrected chi connectivity index (χ4v) is 7.87. The zero-order valence-corrected chi connectivity index (χ0v) is 26.3. The number of nitrogens with zero attached hydrogens (tertiary/aromatic N) is 2. The van der Waals surface area contributed by atoms with Gasteiger partial charge in [-0.2, -0.15) is 0 Å². The first kappa shape index (κ1) is 30.0. The number of nitrogens with one attached hydrogen (secondary N) is 1. The molecule has 0 amide bonds. The minimum absolute atomic E-state index is 0.373. The van der Waals surface area contributed by atoms with E-state index in [0.717, 1.165) is 19.4 Å². The van der Waals surface area contributed by atoms with Gasteiger partial charge in [0.15, 0.2) is 8.32 Å². The fourth-order valence-electron chi connectivity index (χ4n) is 7.12. The topological polar surface area (TPSA) is 46.0 Å². The second kappa shape index (κ2) is 13.5. The van der Waals surface area contributed by atoms with Gasteiger partial charge < -0.3 is 9.74 Å². The van der Waals surface area contributed by atoms with Gasteiger partial charge in [0.05, 0.1) is 12.1 Å².